The molecule has 0 aromatic carbocycles. The van der Waals surface area contributed by atoms with Crippen LogP contribution in [-0.4, -0.2) is 21.3 Å². The molecule has 0 amide bonds. The van der Waals surface area contributed by atoms with Gasteiger partial charge in [-0.3, -0.25) is 4.79 Å². The highest BCUT2D eigenvalue weighted by atomic mass is 32.1. The van der Waals surface area contributed by atoms with Crippen molar-refractivity contribution >= 4 is 17.3 Å². The molecule has 0 aliphatic heterocycles. The Hall–Kier alpha value is -1.69. The second kappa shape index (κ2) is 4.89. The highest BCUT2D eigenvalue weighted by molar-refractivity contribution is 7.09. The smallest absolute Gasteiger partial charge is 0.303 e. The molecule has 2 aromatic rings. The van der Waals surface area contributed by atoms with E-state index in [1.54, 1.807) is 11.3 Å². The fourth-order valence-corrected chi connectivity index (χ4v) is 1.93. The molecule has 0 aliphatic carbocycles. The van der Waals surface area contributed by atoms with Crippen LogP contribution in [0.1, 0.15) is 23.1 Å². The lowest BCUT2D eigenvalue weighted by molar-refractivity contribution is -0.137. The summed E-state index contributed by atoms with van der Waals surface area (Å²) in [4.78, 5) is 11.5. The molecule has 2 rings (SSSR count). The van der Waals surface area contributed by atoms with Crippen molar-refractivity contribution in [3.63, 3.8) is 0 Å². The molecule has 1 N–H and O–H groups in total. The molecule has 2 aromatic heterocycles. The molecule has 5 nitrogen and oxygen atoms in total. The third-order valence-electron chi connectivity index (χ3n) is 1.97. The number of aryl methyl sites for hydroxylation is 1. The molecular formula is C10H10N2O3S. The van der Waals surface area contributed by atoms with Crippen molar-refractivity contribution < 1.29 is 14.3 Å². The van der Waals surface area contributed by atoms with E-state index in [4.69, 9.17) is 9.52 Å². The van der Waals surface area contributed by atoms with Crippen LogP contribution < -0.4 is 0 Å². The maximum Gasteiger partial charge on any atom is 0.303 e. The van der Waals surface area contributed by atoms with Crippen LogP contribution in [0.5, 0.6) is 0 Å². The van der Waals surface area contributed by atoms with E-state index in [1.165, 1.54) is 0 Å². The van der Waals surface area contributed by atoms with Gasteiger partial charge in [0.15, 0.2) is 0 Å². The zero-order valence-electron chi connectivity index (χ0n) is 8.42. The first-order valence-corrected chi connectivity index (χ1v) is 5.67. The molecule has 0 unspecified atom stereocenters. The second-order valence-corrected chi connectivity index (χ2v) is 4.27. The Morgan fingerprint density at radius 2 is 2.25 bits per heavy atom. The van der Waals surface area contributed by atoms with Gasteiger partial charge in [0.25, 0.3) is 0 Å². The second-order valence-electron chi connectivity index (χ2n) is 3.24. The Morgan fingerprint density at radius 3 is 2.94 bits per heavy atom. The summed E-state index contributed by atoms with van der Waals surface area (Å²) in [6.45, 7) is 0. The van der Waals surface area contributed by atoms with Crippen LogP contribution in [0.4, 0.5) is 0 Å². The maximum absolute atomic E-state index is 10.3. The zero-order chi connectivity index (χ0) is 11.4. The summed E-state index contributed by atoms with van der Waals surface area (Å²) < 4.78 is 5.33. The molecule has 6 heteroatoms. The van der Waals surface area contributed by atoms with E-state index in [0.717, 1.165) is 4.88 Å². The average Bonchev–Trinajstić information content (AvgIpc) is 2.87. The number of carboxylic acids is 1. The van der Waals surface area contributed by atoms with E-state index in [2.05, 4.69) is 10.2 Å². The average molecular weight is 238 g/mol. The lowest BCUT2D eigenvalue weighted by Gasteiger charge is -1.90. The SMILES string of the molecule is O=C(O)CCc1nnc(Cc2cccs2)o1. The minimum absolute atomic E-state index is 0.0145. The van der Waals surface area contributed by atoms with E-state index in [1.807, 2.05) is 17.5 Å². The van der Waals surface area contributed by atoms with Crippen LogP contribution in [0, 0.1) is 0 Å². The van der Waals surface area contributed by atoms with Gasteiger partial charge in [-0.2, -0.15) is 0 Å². The Morgan fingerprint density at radius 1 is 1.44 bits per heavy atom. The number of hydrogen-bond donors (Lipinski definition) is 1. The fraction of sp³-hybridized carbons (Fsp3) is 0.300. The quantitative estimate of drug-likeness (QED) is 0.858. The van der Waals surface area contributed by atoms with Gasteiger partial charge in [-0.05, 0) is 11.4 Å². The molecule has 0 bridgehead atoms. The predicted molar refractivity (Wildman–Crippen MR) is 57.4 cm³/mol. The lowest BCUT2D eigenvalue weighted by atomic mass is 10.3. The van der Waals surface area contributed by atoms with Gasteiger partial charge in [-0.25, -0.2) is 0 Å². The van der Waals surface area contributed by atoms with Crippen molar-refractivity contribution in [1.29, 1.82) is 0 Å². The molecule has 16 heavy (non-hydrogen) atoms. The van der Waals surface area contributed by atoms with Crippen molar-refractivity contribution in [1.82, 2.24) is 10.2 Å². The Kier molecular flexibility index (Phi) is 3.31. The van der Waals surface area contributed by atoms with E-state index in [9.17, 15) is 4.79 Å². The molecule has 0 saturated heterocycles. The fourth-order valence-electron chi connectivity index (χ4n) is 1.24. The van der Waals surface area contributed by atoms with Gasteiger partial charge in [0.1, 0.15) is 0 Å². The Labute approximate surface area is 95.7 Å². The van der Waals surface area contributed by atoms with Crippen molar-refractivity contribution in [2.24, 2.45) is 0 Å². The van der Waals surface area contributed by atoms with E-state index in [-0.39, 0.29) is 12.8 Å². The van der Waals surface area contributed by atoms with Crippen molar-refractivity contribution in [2.45, 2.75) is 19.3 Å². The number of aromatic nitrogens is 2. The summed E-state index contributed by atoms with van der Waals surface area (Å²) in [5.41, 5.74) is 0. The molecule has 0 atom stereocenters. The minimum atomic E-state index is -0.863. The van der Waals surface area contributed by atoms with Crippen LogP contribution in [0.3, 0.4) is 0 Å². The van der Waals surface area contributed by atoms with Crippen LogP contribution in [0.25, 0.3) is 0 Å². The zero-order valence-corrected chi connectivity index (χ0v) is 9.24. The summed E-state index contributed by atoms with van der Waals surface area (Å²) in [5, 5.41) is 18.1. The van der Waals surface area contributed by atoms with E-state index >= 15 is 0 Å². The van der Waals surface area contributed by atoms with Gasteiger partial charge >= 0.3 is 5.97 Å². The highest BCUT2D eigenvalue weighted by Gasteiger charge is 2.08. The Balaban J connectivity index is 1.94. The molecule has 0 radical (unpaired) electrons. The number of rotatable bonds is 5. The van der Waals surface area contributed by atoms with E-state index < -0.39 is 5.97 Å². The normalized spacial score (nSPS) is 10.5. The van der Waals surface area contributed by atoms with E-state index in [0.29, 0.717) is 18.2 Å². The standard InChI is InChI=1S/C10H10N2O3S/c13-10(14)4-3-8-11-12-9(15-8)6-7-2-1-5-16-7/h1-2,5H,3-4,6H2,(H,13,14). The van der Waals surface area contributed by atoms with Crippen LogP contribution in [-0.2, 0) is 17.6 Å². The number of aliphatic carboxylic acids is 1. The van der Waals surface area contributed by atoms with Crippen molar-refractivity contribution in [3.8, 4) is 0 Å². The topological polar surface area (TPSA) is 76.2 Å². The summed E-state index contributed by atoms with van der Waals surface area (Å²) in [5.74, 6) is 0.0507. The summed E-state index contributed by atoms with van der Waals surface area (Å²) in [6.07, 6.45) is 0.908. The molecular weight excluding hydrogens is 228 g/mol. The van der Waals surface area contributed by atoms with Crippen LogP contribution >= 0.6 is 11.3 Å². The molecule has 2 heterocycles. The number of thiophene rings is 1. The molecule has 0 aliphatic rings. The Bertz CT molecular complexity index is 464. The van der Waals surface area contributed by atoms with Gasteiger partial charge in [0.05, 0.1) is 12.8 Å². The molecule has 0 saturated carbocycles. The largest absolute Gasteiger partial charge is 0.481 e. The first-order chi connectivity index (χ1) is 7.74. The van der Waals surface area contributed by atoms with Gasteiger partial charge in [0, 0.05) is 11.3 Å². The summed E-state index contributed by atoms with van der Waals surface area (Å²) in [6, 6.07) is 3.95. The van der Waals surface area contributed by atoms with Gasteiger partial charge in [-0.1, -0.05) is 6.07 Å². The van der Waals surface area contributed by atoms with Gasteiger partial charge in [0.2, 0.25) is 11.8 Å². The number of carboxylic acid groups (broad SMARTS) is 1. The molecule has 84 valence electrons. The summed E-state index contributed by atoms with van der Waals surface area (Å²) >= 11 is 1.62. The molecule has 0 fully saturated rings. The predicted octanol–water partition coefficient (Wildman–Crippen LogP) is 1.74. The monoisotopic (exact) mass is 238 g/mol. The lowest BCUT2D eigenvalue weighted by Crippen LogP contribution is -1.97. The van der Waals surface area contributed by atoms with Gasteiger partial charge in [-0.15, -0.1) is 21.5 Å². The molecule has 0 spiro atoms. The maximum atomic E-state index is 10.3. The first-order valence-electron chi connectivity index (χ1n) is 4.79. The summed E-state index contributed by atoms with van der Waals surface area (Å²) in [7, 11) is 0. The third kappa shape index (κ3) is 2.90. The highest BCUT2D eigenvalue weighted by Crippen LogP contribution is 2.14. The minimum Gasteiger partial charge on any atom is -0.481 e. The van der Waals surface area contributed by atoms with Crippen molar-refractivity contribution in [2.75, 3.05) is 0 Å². The third-order valence-corrected chi connectivity index (χ3v) is 2.84. The van der Waals surface area contributed by atoms with Crippen molar-refractivity contribution in [3.05, 3.63) is 34.2 Å². The first kappa shape index (κ1) is 10.8. The van der Waals surface area contributed by atoms with Gasteiger partial charge < -0.3 is 9.52 Å². The number of carbonyl (C=O) groups is 1. The number of nitrogens with zero attached hydrogens (tertiary/aromatic N) is 2. The number of hydrogen-bond acceptors (Lipinski definition) is 5. The van der Waals surface area contributed by atoms with Crippen LogP contribution in [0.2, 0.25) is 0 Å². The van der Waals surface area contributed by atoms with Crippen LogP contribution in [0.15, 0.2) is 21.9 Å².